The molecule has 0 spiro atoms. The third kappa shape index (κ3) is 9.12. The van der Waals surface area contributed by atoms with Gasteiger partial charge in [0, 0.05) is 0 Å². The largest absolute Gasteiger partial charge is 0.314 e. The standard InChI is InChI=1S/C17H38F2Si2/c1-6-11-20(18,12-7-2)15-10-17(5)16-21(19,13-8-3)14-9-4/h17H,6-16H2,1-5H3. The molecule has 4 heteroatoms. The molecule has 0 aromatic rings. The average Bonchev–Trinajstić information content (AvgIpc) is 2.37. The molecule has 0 aliphatic carbocycles. The highest BCUT2D eigenvalue weighted by atomic mass is 28.4. The van der Waals surface area contributed by atoms with E-state index in [1.807, 2.05) is 0 Å². The van der Waals surface area contributed by atoms with Crippen LogP contribution in [0.1, 0.15) is 66.7 Å². The third-order valence-electron chi connectivity index (χ3n) is 4.59. The van der Waals surface area contributed by atoms with Crippen LogP contribution in [0.3, 0.4) is 0 Å². The van der Waals surface area contributed by atoms with Crippen LogP contribution in [0.2, 0.25) is 36.3 Å². The molecule has 0 fully saturated rings. The molecule has 0 aromatic carbocycles. The zero-order valence-corrected chi connectivity index (χ0v) is 17.1. The molecule has 1 unspecified atom stereocenters. The van der Waals surface area contributed by atoms with Gasteiger partial charge in [-0.05, 0) is 42.2 Å². The summed E-state index contributed by atoms with van der Waals surface area (Å²) in [5, 5.41) is 0. The minimum absolute atomic E-state index is 0.371. The van der Waals surface area contributed by atoms with Crippen molar-refractivity contribution in [2.24, 2.45) is 5.92 Å². The molecule has 0 nitrogen and oxygen atoms in total. The maximum absolute atomic E-state index is 15.0. The maximum Gasteiger partial charge on any atom is 0.247 e. The Morgan fingerprint density at radius 3 is 1.43 bits per heavy atom. The van der Waals surface area contributed by atoms with E-state index in [1.165, 1.54) is 0 Å². The van der Waals surface area contributed by atoms with Crippen LogP contribution in [0, 0.1) is 5.92 Å². The molecule has 0 bridgehead atoms. The lowest BCUT2D eigenvalue weighted by Gasteiger charge is -2.27. The SMILES string of the molecule is CCC[Si](F)(CCC)CCC(C)C[Si](F)(CCC)CCC. The van der Waals surface area contributed by atoms with Gasteiger partial charge in [0.15, 0.2) is 0 Å². The van der Waals surface area contributed by atoms with E-state index in [9.17, 15) is 4.11 Å². The smallest absolute Gasteiger partial charge is 0.247 e. The van der Waals surface area contributed by atoms with Crippen molar-refractivity contribution in [2.75, 3.05) is 0 Å². The summed E-state index contributed by atoms with van der Waals surface area (Å²) >= 11 is 0. The van der Waals surface area contributed by atoms with Crippen molar-refractivity contribution in [3.63, 3.8) is 0 Å². The molecule has 21 heavy (non-hydrogen) atoms. The molecular weight excluding hydrogens is 298 g/mol. The van der Waals surface area contributed by atoms with Crippen LogP contribution in [-0.4, -0.2) is 16.8 Å². The molecule has 0 N–H and O–H groups in total. The van der Waals surface area contributed by atoms with Gasteiger partial charge in [-0.1, -0.05) is 66.7 Å². The maximum atomic E-state index is 15.0. The Morgan fingerprint density at radius 2 is 1.05 bits per heavy atom. The predicted octanol–water partition coefficient (Wildman–Crippen LogP) is 7.48. The molecule has 128 valence electrons. The van der Waals surface area contributed by atoms with Gasteiger partial charge < -0.3 is 8.22 Å². The lowest BCUT2D eigenvalue weighted by Crippen LogP contribution is -2.32. The fraction of sp³-hybridized carbons (Fsp3) is 1.00. The first-order valence-corrected chi connectivity index (χ1v) is 14.2. The summed E-state index contributed by atoms with van der Waals surface area (Å²) in [4.78, 5) is 0. The van der Waals surface area contributed by atoms with Crippen molar-refractivity contribution in [1.82, 2.24) is 0 Å². The van der Waals surface area contributed by atoms with Gasteiger partial charge in [-0.15, -0.1) is 0 Å². The minimum atomic E-state index is -2.55. The second kappa shape index (κ2) is 10.9. The van der Waals surface area contributed by atoms with E-state index in [4.69, 9.17) is 0 Å². The Labute approximate surface area is 134 Å². The van der Waals surface area contributed by atoms with Gasteiger partial charge in [0.1, 0.15) is 0 Å². The molecule has 0 radical (unpaired) electrons. The van der Waals surface area contributed by atoms with Crippen LogP contribution >= 0.6 is 0 Å². The molecule has 0 aromatic heterocycles. The molecule has 1 atom stereocenters. The van der Waals surface area contributed by atoms with Crippen molar-refractivity contribution in [3.8, 4) is 0 Å². The van der Waals surface area contributed by atoms with Gasteiger partial charge in [-0.3, -0.25) is 0 Å². The first-order valence-electron chi connectivity index (χ1n) is 9.22. The first kappa shape index (κ1) is 21.3. The Balaban J connectivity index is 4.42. The zero-order valence-electron chi connectivity index (χ0n) is 15.1. The van der Waals surface area contributed by atoms with Gasteiger partial charge >= 0.3 is 0 Å². The second-order valence-electron chi connectivity index (χ2n) is 7.15. The highest BCUT2D eigenvalue weighted by Gasteiger charge is 2.36. The van der Waals surface area contributed by atoms with Crippen LogP contribution in [0.5, 0.6) is 0 Å². The van der Waals surface area contributed by atoms with E-state index in [1.54, 1.807) is 0 Å². The van der Waals surface area contributed by atoms with E-state index in [-0.39, 0.29) is 0 Å². The van der Waals surface area contributed by atoms with Crippen LogP contribution in [0.25, 0.3) is 0 Å². The summed E-state index contributed by atoms with van der Waals surface area (Å²) in [5.41, 5.74) is 0. The van der Waals surface area contributed by atoms with Crippen LogP contribution < -0.4 is 0 Å². The quantitative estimate of drug-likeness (QED) is 0.241. The fourth-order valence-corrected chi connectivity index (χ4v) is 11.2. The van der Waals surface area contributed by atoms with E-state index < -0.39 is 16.8 Å². The fourth-order valence-electron chi connectivity index (χ4n) is 3.73. The normalized spacial score (nSPS) is 14.4. The van der Waals surface area contributed by atoms with E-state index >= 15 is 4.11 Å². The van der Waals surface area contributed by atoms with Crippen LogP contribution in [0.15, 0.2) is 0 Å². The molecule has 0 aliphatic rings. The molecule has 0 amide bonds. The molecule has 0 aliphatic heterocycles. The van der Waals surface area contributed by atoms with Crippen molar-refractivity contribution in [1.29, 1.82) is 0 Å². The number of halogens is 2. The summed E-state index contributed by atoms with van der Waals surface area (Å²) in [7, 11) is -5.08. The van der Waals surface area contributed by atoms with Crippen molar-refractivity contribution in [2.45, 2.75) is 103 Å². The molecule has 0 saturated heterocycles. The summed E-state index contributed by atoms with van der Waals surface area (Å²) in [6, 6.07) is 4.72. The summed E-state index contributed by atoms with van der Waals surface area (Å²) < 4.78 is 30.0. The topological polar surface area (TPSA) is 0 Å². The van der Waals surface area contributed by atoms with E-state index in [0.717, 1.165) is 68.4 Å². The summed E-state index contributed by atoms with van der Waals surface area (Å²) in [5.74, 6) is 0.371. The lowest BCUT2D eigenvalue weighted by molar-refractivity contribution is 0.558. The number of hydrogen-bond donors (Lipinski definition) is 0. The average molecular weight is 337 g/mol. The van der Waals surface area contributed by atoms with Crippen molar-refractivity contribution in [3.05, 3.63) is 0 Å². The monoisotopic (exact) mass is 336 g/mol. The Kier molecular flexibility index (Phi) is 11.1. The molecule has 0 rings (SSSR count). The van der Waals surface area contributed by atoms with E-state index in [2.05, 4.69) is 34.6 Å². The first-order chi connectivity index (χ1) is 9.84. The van der Waals surface area contributed by atoms with Gasteiger partial charge in [0.2, 0.25) is 16.8 Å². The van der Waals surface area contributed by atoms with Gasteiger partial charge in [-0.25, -0.2) is 0 Å². The molecule has 0 heterocycles. The van der Waals surface area contributed by atoms with Gasteiger partial charge in [0.05, 0.1) is 0 Å². The van der Waals surface area contributed by atoms with Gasteiger partial charge in [0.25, 0.3) is 0 Å². The Morgan fingerprint density at radius 1 is 0.667 bits per heavy atom. The summed E-state index contributed by atoms with van der Waals surface area (Å²) in [6.07, 6.45) is 4.76. The Hall–Kier alpha value is 0.294. The molecule has 0 saturated carbocycles. The minimum Gasteiger partial charge on any atom is -0.314 e. The highest BCUT2D eigenvalue weighted by molar-refractivity contribution is 6.73. The highest BCUT2D eigenvalue weighted by Crippen LogP contribution is 2.34. The summed E-state index contributed by atoms with van der Waals surface area (Å²) in [6.45, 7) is 10.5. The predicted molar refractivity (Wildman–Crippen MR) is 97.5 cm³/mol. The molecular formula is C17H38F2Si2. The number of rotatable bonds is 13. The van der Waals surface area contributed by atoms with Crippen molar-refractivity contribution < 1.29 is 8.22 Å². The van der Waals surface area contributed by atoms with Crippen molar-refractivity contribution >= 4 is 16.8 Å². The van der Waals surface area contributed by atoms with Crippen LogP contribution in [-0.2, 0) is 0 Å². The van der Waals surface area contributed by atoms with Crippen LogP contribution in [0.4, 0.5) is 8.22 Å². The van der Waals surface area contributed by atoms with Gasteiger partial charge in [-0.2, -0.15) is 0 Å². The second-order valence-corrected chi connectivity index (χ2v) is 14.7. The van der Waals surface area contributed by atoms with E-state index in [0.29, 0.717) is 5.92 Å². The third-order valence-corrected chi connectivity index (χ3v) is 12.8. The number of hydrogen-bond acceptors (Lipinski definition) is 0. The lowest BCUT2D eigenvalue weighted by atomic mass is 10.2. The Bertz CT molecular complexity index is 247. The zero-order chi connectivity index (χ0) is 16.4.